The van der Waals surface area contributed by atoms with Crippen LogP contribution in [0.5, 0.6) is 17.2 Å². The number of rotatable bonds is 9. The van der Waals surface area contributed by atoms with Crippen molar-refractivity contribution in [1.29, 1.82) is 5.41 Å². The molecule has 0 radical (unpaired) electrons. The molecule has 2 aliphatic rings. The molecule has 0 bridgehead atoms. The van der Waals surface area contributed by atoms with Gasteiger partial charge in [-0.15, -0.1) is 0 Å². The van der Waals surface area contributed by atoms with Crippen molar-refractivity contribution in [2.75, 3.05) is 19.8 Å². The van der Waals surface area contributed by atoms with Gasteiger partial charge in [-0.05, 0) is 54.6 Å². The molecule has 0 spiro atoms. The van der Waals surface area contributed by atoms with Gasteiger partial charge in [0.1, 0.15) is 24.0 Å². The van der Waals surface area contributed by atoms with E-state index in [0.717, 1.165) is 5.04 Å². The second-order valence-electron chi connectivity index (χ2n) is 7.88. The van der Waals surface area contributed by atoms with Crippen LogP contribution in [0, 0.1) is 11.3 Å². The zero-order valence-electron chi connectivity index (χ0n) is 19.6. The molecule has 2 aromatic carbocycles. The summed E-state index contributed by atoms with van der Waals surface area (Å²) in [5, 5.41) is 16.1. The summed E-state index contributed by atoms with van der Waals surface area (Å²) in [7, 11) is 0. The molecule has 0 unspecified atom stereocenters. The highest BCUT2D eigenvalue weighted by molar-refractivity contribution is 8.27. The highest BCUT2D eigenvalue weighted by Gasteiger charge is 2.36. The van der Waals surface area contributed by atoms with Crippen molar-refractivity contribution in [3.05, 3.63) is 58.6 Å². The molecule has 35 heavy (non-hydrogen) atoms. The van der Waals surface area contributed by atoms with E-state index in [4.69, 9.17) is 31.2 Å². The Morgan fingerprint density at radius 1 is 1.09 bits per heavy atom. The number of nitrogens with zero attached hydrogens (tertiary/aromatic N) is 3. The van der Waals surface area contributed by atoms with Crippen LogP contribution >= 0.6 is 23.4 Å². The first-order chi connectivity index (χ1) is 16.9. The number of thioether (sulfide) groups is 1. The molecular weight excluding hydrogens is 488 g/mol. The number of halogens is 1. The standard InChI is InChI=1S/C25H25ClN4O4S/c1-4-32-21-14-16(9-10-20(21)34-12-11-33-19-8-6-5-7-18(19)26)13-17-22(27)30-25(28-23(17)31)35-24(29-30)15(2)3/h5-10,13-15,27H,4,11-12H2,1-3H3/b17-13-,27-22?. The predicted octanol–water partition coefficient (Wildman–Crippen LogP) is 5.47. The lowest BCUT2D eigenvalue weighted by molar-refractivity contribution is -0.114. The minimum absolute atomic E-state index is 0.00171. The number of hydrogen-bond donors (Lipinski definition) is 1. The topological polar surface area (TPSA) is 96.6 Å². The van der Waals surface area contributed by atoms with Crippen molar-refractivity contribution < 1.29 is 19.0 Å². The Bertz CT molecular complexity index is 1240. The fraction of sp³-hybridized carbons (Fsp3) is 0.280. The number of benzene rings is 2. The zero-order valence-corrected chi connectivity index (χ0v) is 21.2. The maximum atomic E-state index is 12.7. The Morgan fingerprint density at radius 2 is 1.83 bits per heavy atom. The first kappa shape index (κ1) is 24.8. The third-order valence-electron chi connectivity index (χ3n) is 4.98. The smallest absolute Gasteiger partial charge is 0.283 e. The van der Waals surface area contributed by atoms with E-state index < -0.39 is 5.91 Å². The molecule has 8 nitrogen and oxygen atoms in total. The minimum atomic E-state index is -0.469. The number of carbonyl (C=O) groups excluding carboxylic acids is 1. The maximum Gasteiger partial charge on any atom is 0.283 e. The Balaban J connectivity index is 1.48. The molecule has 0 atom stereocenters. The molecular formula is C25H25ClN4O4S. The van der Waals surface area contributed by atoms with Gasteiger partial charge in [0.25, 0.3) is 5.91 Å². The Hall–Kier alpha value is -3.30. The van der Waals surface area contributed by atoms with Crippen molar-refractivity contribution in [2.24, 2.45) is 16.0 Å². The molecule has 10 heteroatoms. The molecule has 0 aromatic heterocycles. The SMILES string of the molecule is CCOc1cc(/C=C2/C(=N)N3N=C(C(C)C)SC3=NC2=O)ccc1OCCOc1ccccc1Cl. The van der Waals surface area contributed by atoms with Gasteiger partial charge in [-0.2, -0.15) is 15.1 Å². The van der Waals surface area contributed by atoms with E-state index in [1.54, 1.807) is 36.4 Å². The number of fused-ring (bicyclic) bond motifs is 1. The average Bonchev–Trinajstić information content (AvgIpc) is 3.26. The Morgan fingerprint density at radius 3 is 2.54 bits per heavy atom. The third kappa shape index (κ3) is 5.68. The number of hydrazone groups is 1. The van der Waals surface area contributed by atoms with Gasteiger partial charge in [-0.3, -0.25) is 10.2 Å². The number of amides is 1. The molecule has 0 saturated carbocycles. The van der Waals surface area contributed by atoms with E-state index in [2.05, 4.69) is 10.1 Å². The quantitative estimate of drug-likeness (QED) is 0.353. The van der Waals surface area contributed by atoms with Crippen molar-refractivity contribution in [1.82, 2.24) is 5.01 Å². The Kier molecular flexibility index (Phi) is 7.77. The van der Waals surface area contributed by atoms with Crippen molar-refractivity contribution in [3.63, 3.8) is 0 Å². The fourth-order valence-electron chi connectivity index (χ4n) is 3.27. The molecule has 1 N–H and O–H groups in total. The van der Waals surface area contributed by atoms with E-state index in [1.807, 2.05) is 32.9 Å². The molecule has 1 amide bonds. The van der Waals surface area contributed by atoms with E-state index >= 15 is 0 Å². The highest BCUT2D eigenvalue weighted by atomic mass is 35.5. The number of hydrogen-bond acceptors (Lipinski definition) is 7. The van der Waals surface area contributed by atoms with Crippen molar-refractivity contribution >= 4 is 51.4 Å². The van der Waals surface area contributed by atoms with Gasteiger partial charge in [-0.25, -0.2) is 0 Å². The normalized spacial score (nSPS) is 16.4. The Labute approximate surface area is 213 Å². The number of ether oxygens (including phenoxy) is 3. The first-order valence-corrected chi connectivity index (χ1v) is 12.3. The number of para-hydroxylation sites is 1. The third-order valence-corrected chi connectivity index (χ3v) is 6.50. The van der Waals surface area contributed by atoms with Crippen LogP contribution < -0.4 is 14.2 Å². The molecule has 4 rings (SSSR count). The summed E-state index contributed by atoms with van der Waals surface area (Å²) >= 11 is 7.43. The van der Waals surface area contributed by atoms with Gasteiger partial charge in [0, 0.05) is 5.92 Å². The number of aliphatic imine (C=N–C) groups is 1. The summed E-state index contributed by atoms with van der Waals surface area (Å²) in [5.41, 5.74) is 0.840. The zero-order chi connectivity index (χ0) is 24.9. The van der Waals surface area contributed by atoms with Gasteiger partial charge in [0.15, 0.2) is 17.3 Å². The molecule has 182 valence electrons. The average molecular weight is 513 g/mol. The van der Waals surface area contributed by atoms with Crippen LogP contribution in [0.1, 0.15) is 26.3 Å². The van der Waals surface area contributed by atoms with Crippen LogP contribution in [0.3, 0.4) is 0 Å². The van der Waals surface area contributed by atoms with Crippen LogP contribution in [-0.2, 0) is 4.79 Å². The van der Waals surface area contributed by atoms with Crippen LogP contribution in [0.2, 0.25) is 5.02 Å². The van der Waals surface area contributed by atoms with Crippen molar-refractivity contribution in [3.8, 4) is 17.2 Å². The van der Waals surface area contributed by atoms with Gasteiger partial charge in [0.05, 0.1) is 17.2 Å². The summed E-state index contributed by atoms with van der Waals surface area (Å²) < 4.78 is 17.3. The molecule has 0 saturated heterocycles. The molecule has 2 aliphatic heterocycles. The first-order valence-electron chi connectivity index (χ1n) is 11.1. The fourth-order valence-corrected chi connectivity index (χ4v) is 4.36. The molecule has 0 fully saturated rings. The second-order valence-corrected chi connectivity index (χ2v) is 9.27. The van der Waals surface area contributed by atoms with Crippen LogP contribution in [0.15, 0.2) is 58.1 Å². The van der Waals surface area contributed by atoms with E-state index in [1.165, 1.54) is 16.8 Å². The van der Waals surface area contributed by atoms with E-state index in [-0.39, 0.29) is 23.9 Å². The van der Waals surface area contributed by atoms with E-state index in [0.29, 0.717) is 46.2 Å². The lowest BCUT2D eigenvalue weighted by atomic mass is 10.1. The van der Waals surface area contributed by atoms with Crippen molar-refractivity contribution in [2.45, 2.75) is 20.8 Å². The summed E-state index contributed by atoms with van der Waals surface area (Å²) in [4.78, 5) is 16.8. The lowest BCUT2D eigenvalue weighted by Gasteiger charge is -2.20. The highest BCUT2D eigenvalue weighted by Crippen LogP contribution is 2.33. The largest absolute Gasteiger partial charge is 0.490 e. The number of amidine groups is 2. The van der Waals surface area contributed by atoms with E-state index in [9.17, 15) is 4.79 Å². The molecule has 2 heterocycles. The predicted molar refractivity (Wildman–Crippen MR) is 140 cm³/mol. The maximum absolute atomic E-state index is 12.7. The minimum Gasteiger partial charge on any atom is -0.490 e. The van der Waals surface area contributed by atoms with Gasteiger partial charge in [-0.1, -0.05) is 43.6 Å². The van der Waals surface area contributed by atoms with Crippen LogP contribution in [0.25, 0.3) is 6.08 Å². The second kappa shape index (κ2) is 11.0. The van der Waals surface area contributed by atoms with Crippen LogP contribution in [0.4, 0.5) is 0 Å². The lowest BCUT2D eigenvalue weighted by Crippen LogP contribution is -2.35. The summed E-state index contributed by atoms with van der Waals surface area (Å²) in [5.74, 6) is 1.37. The van der Waals surface area contributed by atoms with Gasteiger partial charge in [0.2, 0.25) is 5.17 Å². The molecule has 2 aromatic rings. The summed E-state index contributed by atoms with van der Waals surface area (Å²) in [6.07, 6.45) is 1.62. The van der Waals surface area contributed by atoms with Gasteiger partial charge >= 0.3 is 0 Å². The molecule has 0 aliphatic carbocycles. The van der Waals surface area contributed by atoms with Crippen LogP contribution in [-0.4, -0.2) is 46.8 Å². The summed E-state index contributed by atoms with van der Waals surface area (Å²) in [6.45, 7) is 6.92. The number of nitrogens with one attached hydrogen (secondary N) is 1. The summed E-state index contributed by atoms with van der Waals surface area (Å²) in [6, 6.07) is 12.6. The van der Waals surface area contributed by atoms with Gasteiger partial charge < -0.3 is 14.2 Å². The monoisotopic (exact) mass is 512 g/mol. The number of carbonyl (C=O) groups is 1.